The molecule has 2 fully saturated rings. The SMILES string of the molecule is CNc1cc(Nc2cccn(C3CC(OC)C3)c2=O)nc2c(C(=O)NC3CC3)cnn12. The molecule has 162 valence electrons. The summed E-state index contributed by atoms with van der Waals surface area (Å²) in [5.74, 6) is 0.913. The molecule has 0 aliphatic heterocycles. The van der Waals surface area contributed by atoms with Crippen LogP contribution in [0.15, 0.2) is 35.4 Å². The fraction of sp³-hybridized carbons (Fsp3) is 0.429. The van der Waals surface area contributed by atoms with Crippen LogP contribution in [0.25, 0.3) is 5.65 Å². The first kappa shape index (κ1) is 19.6. The van der Waals surface area contributed by atoms with Crippen molar-refractivity contribution in [3.63, 3.8) is 0 Å². The van der Waals surface area contributed by atoms with Gasteiger partial charge in [-0.1, -0.05) is 0 Å². The smallest absolute Gasteiger partial charge is 0.274 e. The van der Waals surface area contributed by atoms with Crippen molar-refractivity contribution < 1.29 is 9.53 Å². The lowest BCUT2D eigenvalue weighted by Gasteiger charge is -2.35. The summed E-state index contributed by atoms with van der Waals surface area (Å²) in [6, 6.07) is 5.70. The maximum Gasteiger partial charge on any atom is 0.274 e. The van der Waals surface area contributed by atoms with E-state index in [0.717, 1.165) is 25.7 Å². The first-order valence-corrected chi connectivity index (χ1v) is 10.5. The molecule has 0 radical (unpaired) electrons. The molecule has 3 N–H and O–H groups in total. The number of fused-ring (bicyclic) bond motifs is 1. The number of rotatable bonds is 7. The molecule has 0 spiro atoms. The lowest BCUT2D eigenvalue weighted by molar-refractivity contribution is 0.00522. The van der Waals surface area contributed by atoms with E-state index in [0.29, 0.717) is 28.5 Å². The van der Waals surface area contributed by atoms with Crippen LogP contribution in [0.3, 0.4) is 0 Å². The molecular weight excluding hydrogens is 398 g/mol. The van der Waals surface area contributed by atoms with E-state index >= 15 is 0 Å². The van der Waals surface area contributed by atoms with Gasteiger partial charge in [0.25, 0.3) is 11.5 Å². The van der Waals surface area contributed by atoms with Gasteiger partial charge in [-0.15, -0.1) is 0 Å². The van der Waals surface area contributed by atoms with Gasteiger partial charge in [0.2, 0.25) is 0 Å². The lowest BCUT2D eigenvalue weighted by Crippen LogP contribution is -2.37. The maximum absolute atomic E-state index is 13.0. The van der Waals surface area contributed by atoms with Crippen LogP contribution in [0.4, 0.5) is 17.3 Å². The number of hydrogen-bond donors (Lipinski definition) is 3. The highest BCUT2D eigenvalue weighted by Crippen LogP contribution is 2.33. The molecule has 3 heterocycles. The summed E-state index contributed by atoms with van der Waals surface area (Å²) >= 11 is 0. The summed E-state index contributed by atoms with van der Waals surface area (Å²) in [5.41, 5.74) is 1.13. The molecule has 5 rings (SSSR count). The maximum atomic E-state index is 13.0. The predicted molar refractivity (Wildman–Crippen MR) is 116 cm³/mol. The van der Waals surface area contributed by atoms with Crippen LogP contribution in [0.1, 0.15) is 42.1 Å². The number of nitrogens with one attached hydrogen (secondary N) is 3. The Morgan fingerprint density at radius 2 is 2.10 bits per heavy atom. The molecule has 0 atom stereocenters. The quantitative estimate of drug-likeness (QED) is 0.532. The van der Waals surface area contributed by atoms with Gasteiger partial charge in [0.1, 0.15) is 22.9 Å². The molecule has 10 heteroatoms. The van der Waals surface area contributed by atoms with Crippen molar-refractivity contribution >= 4 is 28.9 Å². The van der Waals surface area contributed by atoms with E-state index in [1.54, 1.807) is 41.6 Å². The molecule has 0 bridgehead atoms. The minimum atomic E-state index is -0.191. The van der Waals surface area contributed by atoms with Crippen LogP contribution in [-0.4, -0.2) is 51.4 Å². The second kappa shape index (κ2) is 7.69. The molecule has 31 heavy (non-hydrogen) atoms. The molecule has 2 aliphatic rings. The third-order valence-electron chi connectivity index (χ3n) is 5.92. The van der Waals surface area contributed by atoms with Gasteiger partial charge in [-0.25, -0.2) is 4.98 Å². The standard InChI is InChI=1S/C21H25N7O3/c1-22-18-10-17(26-19-15(11-23-28(18)19)20(29)24-12-5-6-12)25-16-4-3-7-27(21(16)30)13-8-14(9-13)31-2/h3-4,7,10-14,22H,5-6,8-9H2,1-2H3,(H,24,29)(H,25,26). The number of anilines is 3. The Hall–Kier alpha value is -3.40. The monoisotopic (exact) mass is 423 g/mol. The topological polar surface area (TPSA) is 115 Å². The second-order valence-electron chi connectivity index (χ2n) is 8.06. The number of amides is 1. The second-order valence-corrected chi connectivity index (χ2v) is 8.06. The number of aromatic nitrogens is 4. The van der Waals surface area contributed by atoms with E-state index in [1.807, 2.05) is 6.07 Å². The number of methoxy groups -OCH3 is 1. The molecule has 3 aromatic rings. The lowest BCUT2D eigenvalue weighted by atomic mass is 9.89. The largest absolute Gasteiger partial charge is 0.381 e. The van der Waals surface area contributed by atoms with Crippen molar-refractivity contribution in [2.24, 2.45) is 0 Å². The van der Waals surface area contributed by atoms with Gasteiger partial charge in [0, 0.05) is 38.5 Å². The Bertz CT molecular complexity index is 1190. The molecule has 0 aromatic carbocycles. The summed E-state index contributed by atoms with van der Waals surface area (Å²) in [7, 11) is 3.46. The minimum absolute atomic E-state index is 0.116. The summed E-state index contributed by atoms with van der Waals surface area (Å²) < 4.78 is 8.65. The highest BCUT2D eigenvalue weighted by molar-refractivity contribution is 6.00. The number of carbonyl (C=O) groups excluding carboxylic acids is 1. The van der Waals surface area contributed by atoms with Crippen molar-refractivity contribution in [1.29, 1.82) is 0 Å². The number of hydrogen-bond acceptors (Lipinski definition) is 7. The number of carbonyl (C=O) groups is 1. The normalized spacial score (nSPS) is 20.3. The molecule has 1 amide bonds. The third kappa shape index (κ3) is 3.63. The van der Waals surface area contributed by atoms with E-state index in [1.165, 1.54) is 6.20 Å². The van der Waals surface area contributed by atoms with Gasteiger partial charge in [-0.2, -0.15) is 9.61 Å². The van der Waals surface area contributed by atoms with Crippen molar-refractivity contribution in [3.8, 4) is 0 Å². The highest BCUT2D eigenvalue weighted by Gasteiger charge is 2.31. The van der Waals surface area contributed by atoms with Gasteiger partial charge in [0.05, 0.1) is 12.3 Å². The Balaban J connectivity index is 1.46. The van der Waals surface area contributed by atoms with Crippen LogP contribution >= 0.6 is 0 Å². The number of pyridine rings is 1. The highest BCUT2D eigenvalue weighted by atomic mass is 16.5. The number of ether oxygens (including phenoxy) is 1. The van der Waals surface area contributed by atoms with Crippen molar-refractivity contribution in [1.82, 2.24) is 24.5 Å². The first-order chi connectivity index (χ1) is 15.1. The predicted octanol–water partition coefficient (Wildman–Crippen LogP) is 1.92. The Kier molecular flexibility index (Phi) is 4.85. The zero-order chi connectivity index (χ0) is 21.5. The molecule has 10 nitrogen and oxygen atoms in total. The van der Waals surface area contributed by atoms with Crippen LogP contribution in [0, 0.1) is 0 Å². The average molecular weight is 423 g/mol. The van der Waals surface area contributed by atoms with Crippen molar-refractivity contribution in [3.05, 3.63) is 46.5 Å². The van der Waals surface area contributed by atoms with E-state index in [2.05, 4.69) is 26.0 Å². The Labute approximate surface area is 178 Å². The molecule has 0 unspecified atom stereocenters. The third-order valence-corrected chi connectivity index (χ3v) is 5.92. The minimum Gasteiger partial charge on any atom is -0.381 e. The Morgan fingerprint density at radius 3 is 2.81 bits per heavy atom. The van der Waals surface area contributed by atoms with Crippen LogP contribution in [0.5, 0.6) is 0 Å². The van der Waals surface area contributed by atoms with Gasteiger partial charge in [0.15, 0.2) is 5.65 Å². The van der Waals surface area contributed by atoms with Gasteiger partial charge in [-0.05, 0) is 37.8 Å². The summed E-state index contributed by atoms with van der Waals surface area (Å²) in [6.07, 6.45) is 7.17. The van der Waals surface area contributed by atoms with Gasteiger partial charge >= 0.3 is 0 Å². The summed E-state index contributed by atoms with van der Waals surface area (Å²) in [6.45, 7) is 0. The van der Waals surface area contributed by atoms with Gasteiger partial charge < -0.3 is 25.3 Å². The first-order valence-electron chi connectivity index (χ1n) is 10.5. The zero-order valence-corrected chi connectivity index (χ0v) is 17.5. The van der Waals surface area contributed by atoms with Crippen molar-refractivity contribution in [2.75, 3.05) is 24.8 Å². The van der Waals surface area contributed by atoms with Crippen LogP contribution < -0.4 is 21.5 Å². The Morgan fingerprint density at radius 1 is 1.29 bits per heavy atom. The fourth-order valence-corrected chi connectivity index (χ4v) is 3.84. The molecular formula is C21H25N7O3. The average Bonchev–Trinajstić information content (AvgIpc) is 3.44. The fourth-order valence-electron chi connectivity index (χ4n) is 3.84. The van der Waals surface area contributed by atoms with Gasteiger partial charge in [-0.3, -0.25) is 9.59 Å². The van der Waals surface area contributed by atoms with Crippen LogP contribution in [0.2, 0.25) is 0 Å². The van der Waals surface area contributed by atoms with Crippen molar-refractivity contribution in [2.45, 2.75) is 43.9 Å². The van der Waals surface area contributed by atoms with E-state index in [4.69, 9.17) is 4.74 Å². The number of nitrogens with zero attached hydrogens (tertiary/aromatic N) is 4. The zero-order valence-electron chi connectivity index (χ0n) is 17.5. The van der Waals surface area contributed by atoms with E-state index < -0.39 is 0 Å². The molecule has 2 aliphatic carbocycles. The molecule has 2 saturated carbocycles. The molecule has 3 aromatic heterocycles. The summed E-state index contributed by atoms with van der Waals surface area (Å²) in [4.78, 5) is 30.2. The van der Waals surface area contributed by atoms with E-state index in [-0.39, 0.29) is 29.7 Å². The summed E-state index contributed by atoms with van der Waals surface area (Å²) in [5, 5.41) is 13.5. The molecule has 0 saturated heterocycles. The van der Waals surface area contributed by atoms with E-state index in [9.17, 15) is 9.59 Å². The van der Waals surface area contributed by atoms with Crippen LogP contribution in [-0.2, 0) is 4.74 Å².